The van der Waals surface area contributed by atoms with E-state index in [4.69, 9.17) is 10.2 Å². The molecule has 4 fully saturated rings. The molecule has 2 amide bonds. The minimum atomic E-state index is -0.757. The molecule has 4 rings (SSSR count). The van der Waals surface area contributed by atoms with Crippen LogP contribution in [0.3, 0.4) is 0 Å². The molecule has 4 heterocycles. The first-order chi connectivity index (χ1) is 14.5. The quantitative estimate of drug-likeness (QED) is 0.708. The summed E-state index contributed by atoms with van der Waals surface area (Å²) in [6, 6.07) is 1.28. The second-order valence-electron chi connectivity index (χ2n) is 9.19. The van der Waals surface area contributed by atoms with Gasteiger partial charge in [0.25, 0.3) is 0 Å². The Kier molecular flexibility index (Phi) is 9.05. The van der Waals surface area contributed by atoms with Crippen molar-refractivity contribution in [3.63, 3.8) is 0 Å². The Balaban J connectivity index is 0.000000171. The van der Waals surface area contributed by atoms with Gasteiger partial charge in [-0.05, 0) is 77.5 Å². The van der Waals surface area contributed by atoms with Crippen molar-refractivity contribution in [1.82, 2.24) is 19.6 Å². The third-order valence-corrected chi connectivity index (χ3v) is 7.28. The lowest BCUT2D eigenvalue weighted by molar-refractivity contribution is 0.0844. The predicted octanol–water partition coefficient (Wildman–Crippen LogP) is 3.23. The molecule has 0 aliphatic carbocycles. The Bertz CT molecular complexity index is 485. The van der Waals surface area contributed by atoms with Crippen LogP contribution >= 0.6 is 0 Å². The number of likely N-dealkylation sites (tertiary alicyclic amines) is 4. The Morgan fingerprint density at radius 2 is 0.800 bits per heavy atom. The Morgan fingerprint density at radius 3 is 1.07 bits per heavy atom. The average molecular weight is 425 g/mol. The van der Waals surface area contributed by atoms with Gasteiger partial charge >= 0.3 is 12.2 Å². The van der Waals surface area contributed by atoms with Crippen molar-refractivity contribution >= 4 is 12.2 Å². The predicted molar refractivity (Wildman–Crippen MR) is 116 cm³/mol. The minimum absolute atomic E-state index is 0.640. The number of rotatable bonds is 2. The number of hydrogen-bond donors (Lipinski definition) is 2. The molecular formula is C22H40N4O4. The summed E-state index contributed by atoms with van der Waals surface area (Å²) in [5, 5.41) is 17.7. The van der Waals surface area contributed by atoms with Gasteiger partial charge in [0.15, 0.2) is 0 Å². The molecule has 8 heteroatoms. The molecule has 0 aromatic heterocycles. The topological polar surface area (TPSA) is 87.6 Å². The maximum absolute atomic E-state index is 10.7. The molecule has 0 aromatic carbocycles. The van der Waals surface area contributed by atoms with E-state index < -0.39 is 12.2 Å². The number of carboxylic acid groups (broad SMARTS) is 2. The van der Waals surface area contributed by atoms with Crippen molar-refractivity contribution in [2.45, 2.75) is 76.3 Å². The van der Waals surface area contributed by atoms with Crippen LogP contribution in [0, 0.1) is 0 Å². The molecule has 0 spiro atoms. The molecule has 4 saturated heterocycles. The van der Waals surface area contributed by atoms with Crippen molar-refractivity contribution < 1.29 is 19.8 Å². The first-order valence-corrected chi connectivity index (χ1v) is 12.0. The molecule has 0 radical (unpaired) electrons. The van der Waals surface area contributed by atoms with E-state index in [1.54, 1.807) is 9.80 Å². The van der Waals surface area contributed by atoms with Crippen LogP contribution in [0.25, 0.3) is 0 Å². The highest BCUT2D eigenvalue weighted by Crippen LogP contribution is 2.21. The van der Waals surface area contributed by atoms with E-state index in [0.29, 0.717) is 12.1 Å². The van der Waals surface area contributed by atoms with Gasteiger partial charge in [-0.2, -0.15) is 0 Å². The Morgan fingerprint density at radius 1 is 0.500 bits per heavy atom. The maximum Gasteiger partial charge on any atom is 0.407 e. The Hall–Kier alpha value is -1.54. The van der Waals surface area contributed by atoms with Crippen LogP contribution in [0.15, 0.2) is 0 Å². The van der Waals surface area contributed by atoms with Crippen LogP contribution in [0.1, 0.15) is 64.2 Å². The van der Waals surface area contributed by atoms with Crippen molar-refractivity contribution in [2.24, 2.45) is 0 Å². The molecule has 30 heavy (non-hydrogen) atoms. The number of carbonyl (C=O) groups is 2. The summed E-state index contributed by atoms with van der Waals surface area (Å²) >= 11 is 0. The molecule has 2 N–H and O–H groups in total. The summed E-state index contributed by atoms with van der Waals surface area (Å²) in [5.41, 5.74) is 0. The second-order valence-corrected chi connectivity index (χ2v) is 9.19. The van der Waals surface area contributed by atoms with Crippen LogP contribution in [-0.4, -0.2) is 106 Å². The highest BCUT2D eigenvalue weighted by molar-refractivity contribution is 5.65. The summed E-state index contributed by atoms with van der Waals surface area (Å²) in [7, 11) is 0. The molecule has 4 aliphatic rings. The fourth-order valence-corrected chi connectivity index (χ4v) is 5.41. The summed E-state index contributed by atoms with van der Waals surface area (Å²) in [5.74, 6) is 0. The SMILES string of the molecule is O=C(O)N1CCC(N2CCCCC2)CC1.O=C(O)N1CCC(N2CCCCC2)CC1. The van der Waals surface area contributed by atoms with E-state index in [1.165, 1.54) is 64.7 Å². The summed E-state index contributed by atoms with van der Waals surface area (Å²) in [6.07, 6.45) is 10.6. The van der Waals surface area contributed by atoms with Crippen molar-refractivity contribution in [1.29, 1.82) is 0 Å². The second kappa shape index (κ2) is 11.7. The van der Waals surface area contributed by atoms with Crippen LogP contribution in [0.5, 0.6) is 0 Å². The zero-order valence-corrected chi connectivity index (χ0v) is 18.4. The number of piperidine rings is 4. The molecule has 0 aromatic rings. The van der Waals surface area contributed by atoms with Gasteiger partial charge in [-0.3, -0.25) is 0 Å². The van der Waals surface area contributed by atoms with Gasteiger partial charge in [0.2, 0.25) is 0 Å². The summed E-state index contributed by atoms with van der Waals surface area (Å²) in [4.78, 5) is 29.7. The van der Waals surface area contributed by atoms with E-state index in [2.05, 4.69) is 9.80 Å². The maximum atomic E-state index is 10.7. The van der Waals surface area contributed by atoms with E-state index in [-0.39, 0.29) is 0 Å². The van der Waals surface area contributed by atoms with Gasteiger partial charge in [0.05, 0.1) is 0 Å². The fourth-order valence-electron chi connectivity index (χ4n) is 5.41. The van der Waals surface area contributed by atoms with E-state index >= 15 is 0 Å². The van der Waals surface area contributed by atoms with Crippen LogP contribution < -0.4 is 0 Å². The van der Waals surface area contributed by atoms with Crippen LogP contribution in [-0.2, 0) is 0 Å². The zero-order chi connectivity index (χ0) is 21.3. The number of nitrogens with zero attached hydrogens (tertiary/aromatic N) is 4. The third-order valence-electron chi connectivity index (χ3n) is 7.28. The van der Waals surface area contributed by atoms with Crippen molar-refractivity contribution in [3.05, 3.63) is 0 Å². The normalized spacial score (nSPS) is 25.5. The number of hydrogen-bond acceptors (Lipinski definition) is 4. The van der Waals surface area contributed by atoms with Crippen LogP contribution in [0.2, 0.25) is 0 Å². The van der Waals surface area contributed by atoms with Gasteiger partial charge in [0.1, 0.15) is 0 Å². The molecule has 0 unspecified atom stereocenters. The monoisotopic (exact) mass is 424 g/mol. The Labute approximate surface area is 180 Å². The smallest absolute Gasteiger partial charge is 0.407 e. The zero-order valence-electron chi connectivity index (χ0n) is 18.4. The van der Waals surface area contributed by atoms with Crippen molar-refractivity contribution in [3.8, 4) is 0 Å². The first-order valence-electron chi connectivity index (χ1n) is 12.0. The molecule has 8 nitrogen and oxygen atoms in total. The lowest BCUT2D eigenvalue weighted by Crippen LogP contribution is -2.47. The van der Waals surface area contributed by atoms with Gasteiger partial charge in [-0.1, -0.05) is 12.8 Å². The highest BCUT2D eigenvalue weighted by Gasteiger charge is 2.28. The highest BCUT2D eigenvalue weighted by atomic mass is 16.4. The van der Waals surface area contributed by atoms with Gasteiger partial charge in [-0.15, -0.1) is 0 Å². The van der Waals surface area contributed by atoms with Gasteiger partial charge in [0, 0.05) is 38.3 Å². The molecule has 172 valence electrons. The number of amides is 2. The molecule has 0 saturated carbocycles. The molecule has 0 bridgehead atoms. The standard InChI is InChI=1S/2C11H20N2O2/c2*14-11(15)13-8-4-10(5-9-13)12-6-2-1-3-7-12/h2*10H,1-9H2,(H,14,15). The van der Waals surface area contributed by atoms with E-state index in [1.807, 2.05) is 0 Å². The van der Waals surface area contributed by atoms with Crippen molar-refractivity contribution in [2.75, 3.05) is 52.4 Å². The average Bonchev–Trinajstić information content (AvgIpc) is 2.81. The summed E-state index contributed by atoms with van der Waals surface area (Å²) in [6.45, 7) is 7.75. The summed E-state index contributed by atoms with van der Waals surface area (Å²) < 4.78 is 0. The lowest BCUT2D eigenvalue weighted by atomic mass is 10.0. The van der Waals surface area contributed by atoms with E-state index in [0.717, 1.165) is 51.9 Å². The third kappa shape index (κ3) is 6.74. The largest absolute Gasteiger partial charge is 0.465 e. The molecule has 4 aliphatic heterocycles. The minimum Gasteiger partial charge on any atom is -0.465 e. The van der Waals surface area contributed by atoms with Gasteiger partial charge < -0.3 is 29.8 Å². The van der Waals surface area contributed by atoms with Gasteiger partial charge in [-0.25, -0.2) is 9.59 Å². The lowest BCUT2D eigenvalue weighted by Gasteiger charge is -2.39. The fraction of sp³-hybridized carbons (Fsp3) is 0.909. The molecular weight excluding hydrogens is 384 g/mol. The van der Waals surface area contributed by atoms with E-state index in [9.17, 15) is 9.59 Å². The van der Waals surface area contributed by atoms with Crippen LogP contribution in [0.4, 0.5) is 9.59 Å². The first kappa shape index (κ1) is 23.1. The molecule has 0 atom stereocenters.